The Bertz CT molecular complexity index is 378. The van der Waals surface area contributed by atoms with Gasteiger partial charge in [-0.05, 0) is 39.2 Å². The van der Waals surface area contributed by atoms with Crippen LogP contribution in [0.15, 0.2) is 6.20 Å². The van der Waals surface area contributed by atoms with E-state index in [9.17, 15) is 4.79 Å². The maximum Gasteiger partial charge on any atom is 0.220 e. The number of nitrogens with two attached hydrogens (primary N) is 1. The fourth-order valence-electron chi connectivity index (χ4n) is 1.75. The molecule has 0 aliphatic carbocycles. The number of aromatic nitrogens is 1. The number of amides is 1. The van der Waals surface area contributed by atoms with Crippen molar-refractivity contribution in [3.63, 3.8) is 0 Å². The van der Waals surface area contributed by atoms with Crippen LogP contribution >= 0.6 is 11.3 Å². The molecule has 0 saturated carbocycles. The molecule has 0 aliphatic rings. The summed E-state index contributed by atoms with van der Waals surface area (Å²) in [4.78, 5) is 17.2. The van der Waals surface area contributed by atoms with E-state index < -0.39 is 0 Å². The smallest absolute Gasteiger partial charge is 0.220 e. The summed E-state index contributed by atoms with van der Waals surface area (Å²) in [6, 6.07) is 0.000939. The number of nitrogens with zero attached hydrogens (tertiary/aromatic N) is 1. The van der Waals surface area contributed by atoms with E-state index in [-0.39, 0.29) is 11.9 Å². The van der Waals surface area contributed by atoms with Crippen LogP contribution in [0, 0.1) is 12.8 Å². The Morgan fingerprint density at radius 1 is 1.50 bits per heavy atom. The summed E-state index contributed by atoms with van der Waals surface area (Å²) in [5.41, 5.74) is 5.49. The highest BCUT2D eigenvalue weighted by atomic mass is 32.1. The highest BCUT2D eigenvalue weighted by molar-refractivity contribution is 7.11. The maximum absolute atomic E-state index is 11.8. The van der Waals surface area contributed by atoms with Gasteiger partial charge in [0.1, 0.15) is 5.01 Å². The first-order valence-corrected chi connectivity index (χ1v) is 7.26. The zero-order valence-corrected chi connectivity index (χ0v) is 12.2. The Labute approximate surface area is 113 Å². The minimum absolute atomic E-state index is 0.000939. The number of carbonyl (C=O) groups is 1. The quantitative estimate of drug-likeness (QED) is 0.798. The predicted molar refractivity (Wildman–Crippen MR) is 75.5 cm³/mol. The molecule has 0 saturated heterocycles. The lowest BCUT2D eigenvalue weighted by molar-refractivity contribution is -0.122. The number of carbonyl (C=O) groups excluding carboxylic acids is 1. The molecule has 5 heteroatoms. The van der Waals surface area contributed by atoms with Gasteiger partial charge in [0.05, 0.1) is 6.04 Å². The van der Waals surface area contributed by atoms with Crippen LogP contribution in [-0.4, -0.2) is 17.4 Å². The van der Waals surface area contributed by atoms with Crippen molar-refractivity contribution in [3.8, 4) is 0 Å². The molecule has 0 aliphatic heterocycles. The third kappa shape index (κ3) is 5.14. The molecular weight excluding hydrogens is 246 g/mol. The first kappa shape index (κ1) is 15.1. The third-order valence-electron chi connectivity index (χ3n) is 2.91. The van der Waals surface area contributed by atoms with Gasteiger partial charge < -0.3 is 11.1 Å². The fraction of sp³-hybridized carbons (Fsp3) is 0.692. The second-order valence-corrected chi connectivity index (χ2v) is 6.09. The van der Waals surface area contributed by atoms with E-state index in [0.29, 0.717) is 18.9 Å². The van der Waals surface area contributed by atoms with Crippen molar-refractivity contribution in [2.45, 2.75) is 46.1 Å². The highest BCUT2D eigenvalue weighted by Crippen LogP contribution is 2.19. The third-order valence-corrected chi connectivity index (χ3v) is 4.01. The van der Waals surface area contributed by atoms with Crippen molar-refractivity contribution in [3.05, 3.63) is 16.1 Å². The fourth-order valence-corrected chi connectivity index (χ4v) is 2.53. The summed E-state index contributed by atoms with van der Waals surface area (Å²) in [7, 11) is 0. The Kier molecular flexibility index (Phi) is 6.29. The first-order chi connectivity index (χ1) is 8.52. The van der Waals surface area contributed by atoms with Gasteiger partial charge in [0.2, 0.25) is 5.91 Å². The zero-order chi connectivity index (χ0) is 13.5. The van der Waals surface area contributed by atoms with Gasteiger partial charge in [-0.15, -0.1) is 11.3 Å². The molecular formula is C13H23N3OS. The van der Waals surface area contributed by atoms with E-state index in [1.807, 2.05) is 20.0 Å². The van der Waals surface area contributed by atoms with Gasteiger partial charge in [-0.2, -0.15) is 0 Å². The summed E-state index contributed by atoms with van der Waals surface area (Å²) in [6.45, 7) is 6.81. The van der Waals surface area contributed by atoms with Crippen LogP contribution in [0.4, 0.5) is 0 Å². The van der Waals surface area contributed by atoms with Gasteiger partial charge in [-0.25, -0.2) is 4.98 Å². The van der Waals surface area contributed by atoms with E-state index in [1.54, 1.807) is 11.3 Å². The van der Waals surface area contributed by atoms with E-state index in [4.69, 9.17) is 5.73 Å². The zero-order valence-electron chi connectivity index (χ0n) is 11.4. The number of nitrogens with one attached hydrogen (secondary N) is 1. The molecule has 2 atom stereocenters. The molecule has 1 amide bonds. The van der Waals surface area contributed by atoms with Crippen LogP contribution in [0.5, 0.6) is 0 Å². The Balaban J connectivity index is 2.31. The van der Waals surface area contributed by atoms with Gasteiger partial charge >= 0.3 is 0 Å². The summed E-state index contributed by atoms with van der Waals surface area (Å²) >= 11 is 1.63. The maximum atomic E-state index is 11.8. The van der Waals surface area contributed by atoms with Crippen LogP contribution in [-0.2, 0) is 4.79 Å². The lowest BCUT2D eigenvalue weighted by Crippen LogP contribution is -2.26. The van der Waals surface area contributed by atoms with Crippen molar-refractivity contribution >= 4 is 17.2 Å². The topological polar surface area (TPSA) is 68.0 Å². The van der Waals surface area contributed by atoms with Crippen molar-refractivity contribution < 1.29 is 4.79 Å². The highest BCUT2D eigenvalue weighted by Gasteiger charge is 2.13. The van der Waals surface area contributed by atoms with Gasteiger partial charge in [-0.3, -0.25) is 4.79 Å². The summed E-state index contributed by atoms with van der Waals surface area (Å²) in [5, 5.41) is 3.95. The van der Waals surface area contributed by atoms with Crippen molar-refractivity contribution in [2.24, 2.45) is 11.7 Å². The number of hydrogen-bond acceptors (Lipinski definition) is 4. The molecule has 0 aromatic carbocycles. The molecule has 0 radical (unpaired) electrons. The Hall–Kier alpha value is -0.940. The molecule has 3 N–H and O–H groups in total. The molecule has 1 heterocycles. The minimum Gasteiger partial charge on any atom is -0.347 e. The summed E-state index contributed by atoms with van der Waals surface area (Å²) in [6.07, 6.45) is 4.28. The molecule has 18 heavy (non-hydrogen) atoms. The van der Waals surface area contributed by atoms with E-state index in [0.717, 1.165) is 17.8 Å². The van der Waals surface area contributed by atoms with E-state index >= 15 is 0 Å². The standard InChI is InChI=1S/C13H23N3OS/c1-9(6-7-14)4-5-12(17)16-11(3)13-15-8-10(2)18-13/h8-9,11H,4-7,14H2,1-3H3,(H,16,17). The van der Waals surface area contributed by atoms with E-state index in [1.165, 1.54) is 4.88 Å². The predicted octanol–water partition coefficient (Wildman–Crippen LogP) is 2.39. The average Bonchev–Trinajstić information content (AvgIpc) is 2.74. The van der Waals surface area contributed by atoms with Crippen molar-refractivity contribution in [1.29, 1.82) is 0 Å². The first-order valence-electron chi connectivity index (χ1n) is 6.44. The lowest BCUT2D eigenvalue weighted by atomic mass is 10.0. The lowest BCUT2D eigenvalue weighted by Gasteiger charge is -2.13. The molecule has 0 bridgehead atoms. The largest absolute Gasteiger partial charge is 0.347 e. The van der Waals surface area contributed by atoms with Crippen molar-refractivity contribution in [2.75, 3.05) is 6.54 Å². The molecule has 1 aromatic rings. The molecule has 1 rings (SSSR count). The van der Waals surface area contributed by atoms with Crippen LogP contribution < -0.4 is 11.1 Å². The number of thiazole rings is 1. The van der Waals surface area contributed by atoms with Crippen molar-refractivity contribution in [1.82, 2.24) is 10.3 Å². The molecule has 4 nitrogen and oxygen atoms in total. The molecule has 0 spiro atoms. The second kappa shape index (κ2) is 7.48. The van der Waals surface area contributed by atoms with Gasteiger partial charge in [-0.1, -0.05) is 6.92 Å². The van der Waals surface area contributed by atoms with Crippen LogP contribution in [0.1, 0.15) is 49.0 Å². The second-order valence-electron chi connectivity index (χ2n) is 4.82. The monoisotopic (exact) mass is 269 g/mol. The summed E-state index contributed by atoms with van der Waals surface area (Å²) in [5.74, 6) is 0.609. The van der Waals surface area contributed by atoms with Gasteiger partial charge in [0, 0.05) is 17.5 Å². The molecule has 0 fully saturated rings. The normalized spacial score (nSPS) is 14.2. The van der Waals surface area contributed by atoms with Gasteiger partial charge in [0.15, 0.2) is 0 Å². The number of aryl methyl sites for hydroxylation is 1. The van der Waals surface area contributed by atoms with Gasteiger partial charge in [0.25, 0.3) is 0 Å². The molecule has 1 aromatic heterocycles. The van der Waals surface area contributed by atoms with Crippen LogP contribution in [0.25, 0.3) is 0 Å². The summed E-state index contributed by atoms with van der Waals surface area (Å²) < 4.78 is 0. The average molecular weight is 269 g/mol. The SMILES string of the molecule is Cc1cnc(C(C)NC(=O)CCC(C)CCN)s1. The van der Waals surface area contributed by atoms with E-state index in [2.05, 4.69) is 17.2 Å². The van der Waals surface area contributed by atoms with Crippen LogP contribution in [0.2, 0.25) is 0 Å². The number of hydrogen-bond donors (Lipinski definition) is 2. The molecule has 2 unspecified atom stereocenters. The molecule has 102 valence electrons. The Morgan fingerprint density at radius 2 is 2.22 bits per heavy atom. The van der Waals surface area contributed by atoms with Crippen LogP contribution in [0.3, 0.4) is 0 Å². The Morgan fingerprint density at radius 3 is 2.78 bits per heavy atom. The number of rotatable bonds is 7. The minimum atomic E-state index is 0.000939.